The first-order valence-corrected chi connectivity index (χ1v) is 5.08. The number of carboxylic acid groups (broad SMARTS) is 1. The Hall–Kier alpha value is -0.810. The number of aromatic carboxylic acids is 1. The number of carboxylic acids is 1. The highest BCUT2D eigenvalue weighted by Gasteiger charge is 2.11. The van der Waals surface area contributed by atoms with Crippen molar-refractivity contribution in [1.29, 1.82) is 0 Å². The molecule has 0 aliphatic carbocycles. The highest BCUT2D eigenvalue weighted by Crippen LogP contribution is 2.18. The fourth-order valence-electron chi connectivity index (χ4n) is 0.841. The Kier molecular flexibility index (Phi) is 3.50. The van der Waals surface area contributed by atoms with Crippen molar-refractivity contribution in [2.24, 2.45) is 0 Å². The maximum atomic E-state index is 10.6. The minimum Gasteiger partial charge on any atom is -0.477 e. The molecule has 0 atom stereocenters. The third-order valence-electron chi connectivity index (χ3n) is 1.37. The Bertz CT molecular complexity index is 344. The van der Waals surface area contributed by atoms with Crippen LogP contribution in [0.15, 0.2) is 6.08 Å². The molecular formula is C8H9NO2S2. The molecule has 3 nitrogen and oxygen atoms in total. The van der Waals surface area contributed by atoms with Gasteiger partial charge in [0.15, 0.2) is 0 Å². The van der Waals surface area contributed by atoms with Crippen molar-refractivity contribution in [3.63, 3.8) is 0 Å². The summed E-state index contributed by atoms with van der Waals surface area (Å²) in [4.78, 5) is 15.0. The van der Waals surface area contributed by atoms with Crippen LogP contribution in [0.1, 0.15) is 20.4 Å². The second-order valence-electron chi connectivity index (χ2n) is 2.36. The van der Waals surface area contributed by atoms with Gasteiger partial charge in [0, 0.05) is 5.75 Å². The standard InChI is InChI=1S/C8H9NO2S2/c1-5-7(8(10)11)13-6(9-5)3-2-4-12/h2-3,12H,4H2,1H3,(H,10,11). The van der Waals surface area contributed by atoms with Gasteiger partial charge in [0.1, 0.15) is 9.88 Å². The second-order valence-corrected chi connectivity index (χ2v) is 3.75. The number of hydrogen-bond acceptors (Lipinski definition) is 4. The third kappa shape index (κ3) is 2.57. The van der Waals surface area contributed by atoms with Gasteiger partial charge >= 0.3 is 5.97 Å². The number of thiol groups is 1. The first-order chi connectivity index (χ1) is 6.15. The van der Waals surface area contributed by atoms with Gasteiger partial charge in [-0.15, -0.1) is 11.3 Å². The Morgan fingerprint density at radius 1 is 1.77 bits per heavy atom. The number of nitrogens with zero attached hydrogens (tertiary/aromatic N) is 1. The van der Waals surface area contributed by atoms with Crippen LogP contribution in [0.3, 0.4) is 0 Å². The molecule has 1 heterocycles. The minimum atomic E-state index is -0.916. The molecule has 0 aromatic carbocycles. The fourth-order valence-corrected chi connectivity index (χ4v) is 1.78. The molecule has 0 unspecified atom stereocenters. The van der Waals surface area contributed by atoms with E-state index in [0.717, 1.165) is 0 Å². The smallest absolute Gasteiger partial charge is 0.347 e. The predicted molar refractivity (Wildman–Crippen MR) is 56.7 cm³/mol. The summed E-state index contributed by atoms with van der Waals surface area (Å²) in [5.41, 5.74) is 0.566. The molecule has 0 fully saturated rings. The molecule has 0 radical (unpaired) electrons. The molecule has 5 heteroatoms. The van der Waals surface area contributed by atoms with Crippen LogP contribution in [-0.2, 0) is 0 Å². The SMILES string of the molecule is Cc1nc(C=CCS)sc1C(=O)O. The van der Waals surface area contributed by atoms with Gasteiger partial charge in [0.2, 0.25) is 0 Å². The lowest BCUT2D eigenvalue weighted by molar-refractivity contribution is 0.0701. The molecule has 0 amide bonds. The largest absolute Gasteiger partial charge is 0.477 e. The van der Waals surface area contributed by atoms with E-state index in [2.05, 4.69) is 17.6 Å². The average molecular weight is 215 g/mol. The van der Waals surface area contributed by atoms with E-state index in [1.54, 1.807) is 13.0 Å². The lowest BCUT2D eigenvalue weighted by atomic mass is 10.4. The Morgan fingerprint density at radius 2 is 2.46 bits per heavy atom. The fraction of sp³-hybridized carbons (Fsp3) is 0.250. The van der Waals surface area contributed by atoms with Gasteiger partial charge in [-0.05, 0) is 13.0 Å². The van der Waals surface area contributed by atoms with Crippen LogP contribution in [0.5, 0.6) is 0 Å². The number of thiazole rings is 1. The highest BCUT2D eigenvalue weighted by atomic mass is 32.1. The zero-order chi connectivity index (χ0) is 9.84. The number of carbonyl (C=O) groups is 1. The summed E-state index contributed by atoms with van der Waals surface area (Å²) in [5, 5.41) is 9.45. The highest BCUT2D eigenvalue weighted by molar-refractivity contribution is 7.80. The minimum absolute atomic E-state index is 0.304. The number of hydrogen-bond donors (Lipinski definition) is 2. The van der Waals surface area contributed by atoms with Crippen LogP contribution < -0.4 is 0 Å². The van der Waals surface area contributed by atoms with Crippen LogP contribution in [0.2, 0.25) is 0 Å². The normalized spacial score (nSPS) is 10.9. The predicted octanol–water partition coefficient (Wildman–Crippen LogP) is 2.09. The molecule has 0 bridgehead atoms. The maximum Gasteiger partial charge on any atom is 0.347 e. The van der Waals surface area contributed by atoms with Crippen LogP contribution in [0.25, 0.3) is 6.08 Å². The third-order valence-corrected chi connectivity index (χ3v) is 2.69. The summed E-state index contributed by atoms with van der Waals surface area (Å²) in [7, 11) is 0. The van der Waals surface area contributed by atoms with Crippen LogP contribution in [0.4, 0.5) is 0 Å². The van der Waals surface area contributed by atoms with Crippen molar-refractivity contribution >= 4 is 36.0 Å². The first kappa shape index (κ1) is 10.3. The Labute approximate surface area is 85.5 Å². The molecule has 1 aromatic rings. The molecule has 1 aromatic heterocycles. The van der Waals surface area contributed by atoms with Gasteiger partial charge in [-0.25, -0.2) is 9.78 Å². The van der Waals surface area contributed by atoms with E-state index in [-0.39, 0.29) is 0 Å². The van der Waals surface area contributed by atoms with Crippen LogP contribution >= 0.6 is 24.0 Å². The molecule has 0 aliphatic rings. The van der Waals surface area contributed by atoms with Crippen molar-refractivity contribution in [2.45, 2.75) is 6.92 Å². The summed E-state index contributed by atoms with van der Waals surface area (Å²) in [6.45, 7) is 1.69. The van der Waals surface area contributed by atoms with Crippen LogP contribution in [-0.4, -0.2) is 21.8 Å². The van der Waals surface area contributed by atoms with Crippen molar-refractivity contribution in [2.75, 3.05) is 5.75 Å². The number of aryl methyl sites for hydroxylation is 1. The summed E-state index contributed by atoms with van der Waals surface area (Å²) < 4.78 is 0. The molecule has 13 heavy (non-hydrogen) atoms. The lowest BCUT2D eigenvalue weighted by Crippen LogP contribution is -1.94. The van der Waals surface area contributed by atoms with E-state index < -0.39 is 5.97 Å². The van der Waals surface area contributed by atoms with Crippen molar-refractivity contribution in [3.05, 3.63) is 21.7 Å². The topological polar surface area (TPSA) is 50.2 Å². The Morgan fingerprint density at radius 3 is 2.92 bits per heavy atom. The molecular weight excluding hydrogens is 206 g/mol. The van der Waals surface area contributed by atoms with Crippen molar-refractivity contribution in [1.82, 2.24) is 4.98 Å². The molecule has 0 saturated heterocycles. The lowest BCUT2D eigenvalue weighted by Gasteiger charge is -1.84. The zero-order valence-electron chi connectivity index (χ0n) is 7.02. The molecule has 0 aliphatic heterocycles. The van der Waals surface area contributed by atoms with Crippen LogP contribution in [0, 0.1) is 6.92 Å². The zero-order valence-corrected chi connectivity index (χ0v) is 8.73. The summed E-state index contributed by atoms with van der Waals surface area (Å²) in [5.74, 6) is -0.290. The van der Waals surface area contributed by atoms with E-state index in [4.69, 9.17) is 5.11 Å². The first-order valence-electron chi connectivity index (χ1n) is 3.63. The quantitative estimate of drug-likeness (QED) is 0.759. The van der Waals surface area contributed by atoms with Gasteiger partial charge in [-0.1, -0.05) is 6.08 Å². The van der Waals surface area contributed by atoms with E-state index in [0.29, 0.717) is 21.3 Å². The van der Waals surface area contributed by atoms with E-state index in [1.807, 2.05) is 6.08 Å². The van der Waals surface area contributed by atoms with Gasteiger partial charge in [-0.2, -0.15) is 12.6 Å². The summed E-state index contributed by atoms with van der Waals surface area (Å²) in [6.07, 6.45) is 3.60. The molecule has 1 N–H and O–H groups in total. The summed E-state index contributed by atoms with van der Waals surface area (Å²) in [6, 6.07) is 0. The van der Waals surface area contributed by atoms with E-state index in [1.165, 1.54) is 11.3 Å². The molecule has 70 valence electrons. The molecule has 0 saturated carbocycles. The van der Waals surface area contributed by atoms with Gasteiger partial charge in [0.25, 0.3) is 0 Å². The van der Waals surface area contributed by atoms with Gasteiger partial charge in [-0.3, -0.25) is 0 Å². The number of aromatic nitrogens is 1. The molecule has 1 rings (SSSR count). The van der Waals surface area contributed by atoms with E-state index >= 15 is 0 Å². The summed E-state index contributed by atoms with van der Waals surface area (Å²) >= 11 is 5.17. The van der Waals surface area contributed by atoms with Crippen molar-refractivity contribution < 1.29 is 9.90 Å². The number of rotatable bonds is 3. The molecule has 0 spiro atoms. The average Bonchev–Trinajstić information content (AvgIpc) is 2.43. The maximum absolute atomic E-state index is 10.6. The van der Waals surface area contributed by atoms with Gasteiger partial charge in [0.05, 0.1) is 5.69 Å². The monoisotopic (exact) mass is 215 g/mol. The second kappa shape index (κ2) is 4.43. The Balaban J connectivity index is 2.95. The van der Waals surface area contributed by atoms with E-state index in [9.17, 15) is 4.79 Å². The van der Waals surface area contributed by atoms with Crippen molar-refractivity contribution in [3.8, 4) is 0 Å². The van der Waals surface area contributed by atoms with Gasteiger partial charge < -0.3 is 5.11 Å².